The molecule has 0 aromatic carbocycles. The quantitative estimate of drug-likeness (QED) is 0.403. The van der Waals surface area contributed by atoms with Gasteiger partial charge in [-0.25, -0.2) is 0 Å². The van der Waals surface area contributed by atoms with Crippen molar-refractivity contribution in [2.75, 3.05) is 6.61 Å². The lowest BCUT2D eigenvalue weighted by Gasteiger charge is -2.40. The first-order chi connectivity index (χ1) is 8.51. The van der Waals surface area contributed by atoms with Gasteiger partial charge in [-0.15, -0.1) is 6.58 Å². The Balaban J connectivity index is 2.82. The Morgan fingerprint density at radius 2 is 2.17 bits per heavy atom. The maximum Gasteiger partial charge on any atom is 0.217 e. The molecule has 0 aromatic heterocycles. The predicted octanol–water partition coefficient (Wildman–Crippen LogP) is -1.66. The van der Waals surface area contributed by atoms with Crippen molar-refractivity contribution in [2.45, 2.75) is 37.6 Å². The molecule has 1 rings (SSSR count). The van der Waals surface area contributed by atoms with E-state index in [-0.39, 0.29) is 6.61 Å². The zero-order valence-corrected chi connectivity index (χ0v) is 9.98. The van der Waals surface area contributed by atoms with Gasteiger partial charge in [0.05, 0.1) is 6.61 Å². The van der Waals surface area contributed by atoms with Crippen LogP contribution in [0.25, 0.3) is 0 Å². The first-order valence-electron chi connectivity index (χ1n) is 5.47. The minimum Gasteiger partial charge on any atom is -0.388 e. The third-order valence-electron chi connectivity index (χ3n) is 2.52. The fourth-order valence-electron chi connectivity index (χ4n) is 1.69. The van der Waals surface area contributed by atoms with E-state index in [9.17, 15) is 19.8 Å². The summed E-state index contributed by atoms with van der Waals surface area (Å²) in [5.74, 6) is -0.411. The summed E-state index contributed by atoms with van der Waals surface area (Å²) < 4.78 is 10.4. The van der Waals surface area contributed by atoms with Gasteiger partial charge in [0, 0.05) is 6.92 Å². The van der Waals surface area contributed by atoms with Crippen molar-refractivity contribution in [3.63, 3.8) is 0 Å². The summed E-state index contributed by atoms with van der Waals surface area (Å²) in [7, 11) is 0. The number of carbonyl (C=O) groups excluding carboxylic acids is 2. The number of nitrogens with one attached hydrogen (secondary N) is 1. The van der Waals surface area contributed by atoms with Crippen molar-refractivity contribution in [3.8, 4) is 0 Å². The van der Waals surface area contributed by atoms with E-state index in [0.29, 0.717) is 6.29 Å². The second-order valence-electron chi connectivity index (χ2n) is 3.93. The lowest BCUT2D eigenvalue weighted by molar-refractivity contribution is -0.252. The van der Waals surface area contributed by atoms with Gasteiger partial charge in [0.25, 0.3) is 0 Å². The van der Waals surface area contributed by atoms with Crippen molar-refractivity contribution < 1.29 is 29.3 Å². The van der Waals surface area contributed by atoms with Gasteiger partial charge in [-0.05, 0) is 0 Å². The van der Waals surface area contributed by atoms with Gasteiger partial charge < -0.3 is 29.8 Å². The van der Waals surface area contributed by atoms with E-state index in [1.807, 2.05) is 0 Å². The van der Waals surface area contributed by atoms with E-state index in [4.69, 9.17) is 9.47 Å². The molecule has 1 fully saturated rings. The molecule has 1 saturated heterocycles. The average molecular weight is 259 g/mol. The monoisotopic (exact) mass is 259 g/mol. The number of aliphatic hydroxyl groups excluding tert-OH is 2. The molecule has 3 N–H and O–H groups in total. The second-order valence-corrected chi connectivity index (χ2v) is 3.93. The van der Waals surface area contributed by atoms with Crippen LogP contribution in [-0.2, 0) is 19.1 Å². The third kappa shape index (κ3) is 3.36. The molecule has 0 bridgehead atoms. The molecule has 0 spiro atoms. The minimum atomic E-state index is -1.41. The fraction of sp³-hybridized carbons (Fsp3) is 0.636. The molecular weight excluding hydrogens is 242 g/mol. The Morgan fingerprint density at radius 1 is 1.50 bits per heavy atom. The summed E-state index contributed by atoms with van der Waals surface area (Å²) in [5.41, 5.74) is 0. The molecule has 0 saturated carbocycles. The van der Waals surface area contributed by atoms with Crippen LogP contribution in [0.2, 0.25) is 0 Å². The van der Waals surface area contributed by atoms with Crippen molar-refractivity contribution >= 4 is 12.2 Å². The molecule has 0 aromatic rings. The Morgan fingerprint density at radius 3 is 2.67 bits per heavy atom. The number of aliphatic hydroxyl groups is 2. The topological polar surface area (TPSA) is 105 Å². The number of ether oxygens (including phenoxy) is 2. The number of rotatable bonds is 5. The van der Waals surface area contributed by atoms with Crippen LogP contribution in [0, 0.1) is 0 Å². The molecule has 1 heterocycles. The Labute approximate surface area is 104 Å². The molecular formula is C11H17NO6. The minimum absolute atomic E-state index is 0.120. The van der Waals surface area contributed by atoms with E-state index in [1.54, 1.807) is 0 Å². The van der Waals surface area contributed by atoms with Crippen LogP contribution in [0.4, 0.5) is 0 Å². The van der Waals surface area contributed by atoms with Crippen molar-refractivity contribution in [1.82, 2.24) is 5.32 Å². The van der Waals surface area contributed by atoms with E-state index in [0.717, 1.165) is 0 Å². The maximum absolute atomic E-state index is 11.0. The highest BCUT2D eigenvalue weighted by Gasteiger charge is 2.45. The molecule has 1 amide bonds. The summed E-state index contributed by atoms with van der Waals surface area (Å²) in [6, 6.07) is -0.950. The molecule has 0 radical (unpaired) electrons. The van der Waals surface area contributed by atoms with Gasteiger partial charge >= 0.3 is 0 Å². The van der Waals surface area contributed by atoms with E-state index in [1.165, 1.54) is 13.0 Å². The smallest absolute Gasteiger partial charge is 0.217 e. The predicted molar refractivity (Wildman–Crippen MR) is 60.5 cm³/mol. The van der Waals surface area contributed by atoms with Crippen LogP contribution in [0.1, 0.15) is 6.92 Å². The lowest BCUT2D eigenvalue weighted by Crippen LogP contribution is -2.64. The molecule has 18 heavy (non-hydrogen) atoms. The lowest BCUT2D eigenvalue weighted by atomic mass is 9.97. The number of aldehydes is 1. The molecule has 0 aliphatic carbocycles. The fourth-order valence-corrected chi connectivity index (χ4v) is 1.69. The molecule has 0 unspecified atom stereocenters. The Kier molecular flexibility index (Phi) is 5.42. The zero-order chi connectivity index (χ0) is 13.7. The normalized spacial score (nSPS) is 35.8. The molecule has 102 valence electrons. The third-order valence-corrected chi connectivity index (χ3v) is 2.52. The van der Waals surface area contributed by atoms with Crippen LogP contribution in [-0.4, -0.2) is 59.7 Å². The number of carbonyl (C=O) groups is 2. The standard InChI is InChI=1S/C11H17NO6/c1-3-4-17-11-8(12-6(2)14)10(16)9(15)7(5-13)18-11/h3,5,7-11,15-16H,1,4H2,2H3,(H,12,14)/t7-,8-,9-,10-,11+/m1/s1. The van der Waals surface area contributed by atoms with Crippen LogP contribution in [0.15, 0.2) is 12.7 Å². The van der Waals surface area contributed by atoms with Crippen LogP contribution in [0.3, 0.4) is 0 Å². The highest BCUT2D eigenvalue weighted by Crippen LogP contribution is 2.21. The summed E-state index contributed by atoms with van der Waals surface area (Å²) >= 11 is 0. The second kappa shape index (κ2) is 6.60. The van der Waals surface area contributed by atoms with Gasteiger partial charge in [0.1, 0.15) is 24.4 Å². The molecule has 1 aliphatic rings. The van der Waals surface area contributed by atoms with Gasteiger partial charge in [-0.3, -0.25) is 4.79 Å². The highest BCUT2D eigenvalue weighted by molar-refractivity contribution is 5.73. The number of amides is 1. The van der Waals surface area contributed by atoms with Gasteiger partial charge in [-0.1, -0.05) is 6.08 Å². The average Bonchev–Trinajstić information content (AvgIpc) is 2.33. The summed E-state index contributed by atoms with van der Waals surface area (Å²) in [5, 5.41) is 21.9. The number of hydrogen-bond acceptors (Lipinski definition) is 6. The first kappa shape index (κ1) is 14.8. The molecule has 5 atom stereocenters. The zero-order valence-electron chi connectivity index (χ0n) is 9.98. The number of hydrogen-bond donors (Lipinski definition) is 3. The Bertz CT molecular complexity index is 321. The van der Waals surface area contributed by atoms with Crippen LogP contribution < -0.4 is 5.32 Å². The van der Waals surface area contributed by atoms with E-state index < -0.39 is 36.6 Å². The summed E-state index contributed by atoms with van der Waals surface area (Å²) in [4.78, 5) is 21.7. The van der Waals surface area contributed by atoms with Crippen LogP contribution >= 0.6 is 0 Å². The SMILES string of the molecule is C=CCO[C@H]1O[C@H](C=O)[C@@H](O)[C@H](O)[C@H]1NC(C)=O. The largest absolute Gasteiger partial charge is 0.388 e. The van der Waals surface area contributed by atoms with E-state index in [2.05, 4.69) is 11.9 Å². The highest BCUT2D eigenvalue weighted by atomic mass is 16.7. The van der Waals surface area contributed by atoms with Gasteiger partial charge in [0.15, 0.2) is 12.6 Å². The molecule has 1 aliphatic heterocycles. The van der Waals surface area contributed by atoms with E-state index >= 15 is 0 Å². The first-order valence-corrected chi connectivity index (χ1v) is 5.47. The van der Waals surface area contributed by atoms with Crippen molar-refractivity contribution in [3.05, 3.63) is 12.7 Å². The summed E-state index contributed by atoms with van der Waals surface area (Å²) in [6.07, 6.45) is -3.15. The maximum atomic E-state index is 11.0. The molecule has 7 nitrogen and oxygen atoms in total. The summed E-state index contributed by atoms with van der Waals surface area (Å²) in [6.45, 7) is 4.83. The van der Waals surface area contributed by atoms with Crippen molar-refractivity contribution in [2.24, 2.45) is 0 Å². The van der Waals surface area contributed by atoms with Gasteiger partial charge in [-0.2, -0.15) is 0 Å². The van der Waals surface area contributed by atoms with Crippen molar-refractivity contribution in [1.29, 1.82) is 0 Å². The Hall–Kier alpha value is -1.28. The van der Waals surface area contributed by atoms with Gasteiger partial charge in [0.2, 0.25) is 5.91 Å². The van der Waals surface area contributed by atoms with Crippen LogP contribution in [0.5, 0.6) is 0 Å². The molecule has 7 heteroatoms.